The Kier molecular flexibility index (Phi) is 5.37. The maximum absolute atomic E-state index is 13.1. The third-order valence-electron chi connectivity index (χ3n) is 4.83. The van der Waals surface area contributed by atoms with E-state index in [4.69, 9.17) is 4.74 Å². The van der Waals surface area contributed by atoms with Crippen molar-refractivity contribution in [1.82, 2.24) is 9.80 Å². The Hall–Kier alpha value is -1.56. The molecule has 138 valence electrons. The molecule has 0 aromatic carbocycles. The van der Waals surface area contributed by atoms with Gasteiger partial charge in [0.05, 0.1) is 12.0 Å². The molecule has 5 nitrogen and oxygen atoms in total. The second kappa shape index (κ2) is 7.36. The van der Waals surface area contributed by atoms with Crippen LogP contribution in [0, 0.1) is 5.92 Å². The molecule has 2 aliphatic heterocycles. The van der Waals surface area contributed by atoms with Gasteiger partial charge < -0.3 is 14.5 Å². The quantitative estimate of drug-likeness (QED) is 0.795. The monoisotopic (exact) mass is 364 g/mol. The van der Waals surface area contributed by atoms with Crippen LogP contribution in [0.4, 0.5) is 4.79 Å². The van der Waals surface area contributed by atoms with Gasteiger partial charge in [-0.2, -0.15) is 0 Å². The van der Waals surface area contributed by atoms with E-state index in [1.165, 1.54) is 4.88 Å². The number of hydrogen-bond donors (Lipinski definition) is 0. The Bertz CT molecular complexity index is 609. The minimum absolute atomic E-state index is 0.109. The average molecular weight is 365 g/mol. The second-order valence-electron chi connectivity index (χ2n) is 7.97. The molecule has 2 saturated heterocycles. The van der Waals surface area contributed by atoms with E-state index in [1.54, 1.807) is 16.2 Å². The van der Waals surface area contributed by atoms with Crippen LogP contribution in [0.15, 0.2) is 17.5 Å². The van der Waals surface area contributed by atoms with Gasteiger partial charge in [0, 0.05) is 24.5 Å². The zero-order chi connectivity index (χ0) is 18.0. The molecular formula is C19H28N2O3S. The Balaban J connectivity index is 1.64. The number of rotatable bonds is 2. The summed E-state index contributed by atoms with van der Waals surface area (Å²) in [6.07, 6.45) is 3.49. The maximum atomic E-state index is 13.1. The molecule has 2 atom stereocenters. The summed E-state index contributed by atoms with van der Waals surface area (Å²) in [5, 5.41) is 2.07. The van der Waals surface area contributed by atoms with Gasteiger partial charge in [-0.15, -0.1) is 11.3 Å². The number of hydrogen-bond acceptors (Lipinski definition) is 4. The molecule has 3 heterocycles. The van der Waals surface area contributed by atoms with E-state index in [0.29, 0.717) is 13.1 Å². The maximum Gasteiger partial charge on any atom is 0.410 e. The van der Waals surface area contributed by atoms with Crippen molar-refractivity contribution in [3.05, 3.63) is 22.4 Å². The summed E-state index contributed by atoms with van der Waals surface area (Å²) >= 11 is 1.72. The van der Waals surface area contributed by atoms with E-state index in [9.17, 15) is 9.59 Å². The molecule has 0 aliphatic carbocycles. The SMILES string of the molecule is CC(C)(C)OC(=O)N1CCCC(C(=O)N2CCCC2c2cccs2)C1. The highest BCUT2D eigenvalue weighted by Gasteiger charge is 2.37. The van der Waals surface area contributed by atoms with Crippen LogP contribution in [-0.4, -0.2) is 47.0 Å². The van der Waals surface area contributed by atoms with E-state index in [-0.39, 0.29) is 24.0 Å². The topological polar surface area (TPSA) is 49.9 Å². The number of thiophene rings is 1. The summed E-state index contributed by atoms with van der Waals surface area (Å²) in [4.78, 5) is 30.5. The highest BCUT2D eigenvalue weighted by molar-refractivity contribution is 7.10. The predicted molar refractivity (Wildman–Crippen MR) is 98.5 cm³/mol. The molecule has 2 unspecified atom stereocenters. The highest BCUT2D eigenvalue weighted by atomic mass is 32.1. The number of nitrogens with zero attached hydrogens (tertiary/aromatic N) is 2. The second-order valence-corrected chi connectivity index (χ2v) is 8.95. The Morgan fingerprint density at radius 1 is 1.20 bits per heavy atom. The number of carbonyl (C=O) groups is 2. The van der Waals surface area contributed by atoms with Gasteiger partial charge in [-0.3, -0.25) is 4.79 Å². The molecule has 25 heavy (non-hydrogen) atoms. The fraction of sp³-hybridized carbons (Fsp3) is 0.684. The van der Waals surface area contributed by atoms with E-state index < -0.39 is 5.60 Å². The van der Waals surface area contributed by atoms with Crippen molar-refractivity contribution in [3.63, 3.8) is 0 Å². The van der Waals surface area contributed by atoms with Crippen LogP contribution in [0.1, 0.15) is 57.4 Å². The van der Waals surface area contributed by atoms with Gasteiger partial charge in [0.15, 0.2) is 0 Å². The van der Waals surface area contributed by atoms with Gasteiger partial charge in [-0.05, 0) is 57.9 Å². The van der Waals surface area contributed by atoms with Crippen LogP contribution < -0.4 is 0 Å². The zero-order valence-corrected chi connectivity index (χ0v) is 16.2. The first-order chi connectivity index (χ1) is 11.8. The normalized spacial score (nSPS) is 24.4. The van der Waals surface area contributed by atoms with Gasteiger partial charge in [-0.25, -0.2) is 4.79 Å². The lowest BCUT2D eigenvalue weighted by Crippen LogP contribution is -2.47. The van der Waals surface area contributed by atoms with Crippen molar-refractivity contribution in [3.8, 4) is 0 Å². The van der Waals surface area contributed by atoms with Crippen LogP contribution in [0.25, 0.3) is 0 Å². The Labute approximate surface area is 153 Å². The summed E-state index contributed by atoms with van der Waals surface area (Å²) in [7, 11) is 0. The molecule has 0 bridgehead atoms. The van der Waals surface area contributed by atoms with Gasteiger partial charge in [0.1, 0.15) is 5.60 Å². The lowest BCUT2D eigenvalue weighted by Gasteiger charge is -2.36. The van der Waals surface area contributed by atoms with Crippen molar-refractivity contribution < 1.29 is 14.3 Å². The molecule has 3 rings (SSSR count). The minimum Gasteiger partial charge on any atom is -0.444 e. The fourth-order valence-electron chi connectivity index (χ4n) is 3.71. The van der Waals surface area contributed by atoms with Crippen molar-refractivity contribution in [2.24, 2.45) is 5.92 Å². The summed E-state index contributed by atoms with van der Waals surface area (Å²) < 4.78 is 5.47. The van der Waals surface area contributed by atoms with Crippen LogP contribution in [0.5, 0.6) is 0 Å². The molecule has 1 aromatic heterocycles. The number of carbonyl (C=O) groups excluding carboxylic acids is 2. The molecular weight excluding hydrogens is 336 g/mol. The van der Waals surface area contributed by atoms with E-state index in [1.807, 2.05) is 31.7 Å². The summed E-state index contributed by atoms with van der Waals surface area (Å²) in [6.45, 7) is 7.58. The number of likely N-dealkylation sites (tertiary alicyclic amines) is 2. The molecule has 0 spiro atoms. The number of ether oxygens (including phenoxy) is 1. The van der Waals surface area contributed by atoms with E-state index in [0.717, 1.165) is 32.2 Å². The Morgan fingerprint density at radius 2 is 1.96 bits per heavy atom. The van der Waals surface area contributed by atoms with Crippen LogP contribution >= 0.6 is 11.3 Å². The summed E-state index contributed by atoms with van der Waals surface area (Å²) in [5.74, 6) is 0.0889. The van der Waals surface area contributed by atoms with Crippen LogP contribution in [0.2, 0.25) is 0 Å². The van der Waals surface area contributed by atoms with Gasteiger partial charge >= 0.3 is 6.09 Å². The molecule has 6 heteroatoms. The summed E-state index contributed by atoms with van der Waals surface area (Å²) in [6, 6.07) is 4.38. The third kappa shape index (κ3) is 4.35. The Morgan fingerprint density at radius 3 is 2.64 bits per heavy atom. The standard InChI is InChI=1S/C19H28N2O3S/c1-19(2,3)24-18(23)20-10-4-7-14(13-20)17(22)21-11-5-8-15(21)16-9-6-12-25-16/h6,9,12,14-15H,4-5,7-8,10-11,13H2,1-3H3. The van der Waals surface area contributed by atoms with Gasteiger partial charge in [0.2, 0.25) is 5.91 Å². The van der Waals surface area contributed by atoms with E-state index in [2.05, 4.69) is 11.4 Å². The smallest absolute Gasteiger partial charge is 0.410 e. The highest BCUT2D eigenvalue weighted by Crippen LogP contribution is 2.36. The minimum atomic E-state index is -0.507. The van der Waals surface area contributed by atoms with Gasteiger partial charge in [0.25, 0.3) is 0 Å². The lowest BCUT2D eigenvalue weighted by atomic mass is 9.96. The molecule has 2 aliphatic rings. The van der Waals surface area contributed by atoms with Crippen molar-refractivity contribution >= 4 is 23.3 Å². The molecule has 1 aromatic rings. The van der Waals surface area contributed by atoms with Gasteiger partial charge in [-0.1, -0.05) is 6.07 Å². The van der Waals surface area contributed by atoms with Crippen LogP contribution in [-0.2, 0) is 9.53 Å². The summed E-state index contributed by atoms with van der Waals surface area (Å²) in [5.41, 5.74) is -0.507. The van der Waals surface area contributed by atoms with Crippen molar-refractivity contribution in [1.29, 1.82) is 0 Å². The first-order valence-corrected chi connectivity index (χ1v) is 10.0. The molecule has 2 amide bonds. The number of amides is 2. The molecule has 2 fully saturated rings. The molecule has 0 saturated carbocycles. The van der Waals surface area contributed by atoms with Crippen molar-refractivity contribution in [2.75, 3.05) is 19.6 Å². The van der Waals surface area contributed by atoms with Crippen LogP contribution in [0.3, 0.4) is 0 Å². The molecule has 0 N–H and O–H groups in total. The number of piperidine rings is 1. The zero-order valence-electron chi connectivity index (χ0n) is 15.4. The largest absolute Gasteiger partial charge is 0.444 e. The lowest BCUT2D eigenvalue weighted by molar-refractivity contribution is -0.138. The van der Waals surface area contributed by atoms with E-state index >= 15 is 0 Å². The first kappa shape index (κ1) is 18.2. The first-order valence-electron chi connectivity index (χ1n) is 9.17. The average Bonchev–Trinajstić information content (AvgIpc) is 3.23. The third-order valence-corrected chi connectivity index (χ3v) is 5.80. The van der Waals surface area contributed by atoms with Crippen molar-refractivity contribution in [2.45, 2.75) is 58.1 Å². The molecule has 0 radical (unpaired) electrons. The fourth-order valence-corrected chi connectivity index (χ4v) is 4.59. The predicted octanol–water partition coefficient (Wildman–Crippen LogP) is 4.06.